The van der Waals surface area contributed by atoms with E-state index < -0.39 is 6.10 Å². The van der Waals surface area contributed by atoms with Gasteiger partial charge in [-0.25, -0.2) is 4.39 Å². The van der Waals surface area contributed by atoms with Gasteiger partial charge in [-0.1, -0.05) is 18.2 Å². The molecule has 2 rings (SSSR count). The first-order valence-electron chi connectivity index (χ1n) is 6.00. The van der Waals surface area contributed by atoms with Crippen LogP contribution in [0.2, 0.25) is 0 Å². The fourth-order valence-corrected chi connectivity index (χ4v) is 1.78. The number of rotatable bonds is 5. The minimum atomic E-state index is -0.682. The normalized spacial score (nSPS) is 11.9. The number of benzene rings is 2. The monoisotopic (exact) mass is 261 g/mol. The molecule has 0 amide bonds. The molecule has 0 saturated heterocycles. The lowest BCUT2D eigenvalue weighted by Gasteiger charge is -2.14. The van der Waals surface area contributed by atoms with Crippen LogP contribution < -0.4 is 10.1 Å². The van der Waals surface area contributed by atoms with Gasteiger partial charge in [-0.3, -0.25) is 0 Å². The summed E-state index contributed by atoms with van der Waals surface area (Å²) in [6.45, 7) is 0.302. The molecule has 0 spiro atoms. The molecule has 0 aliphatic carbocycles. The molecule has 0 aliphatic rings. The molecule has 2 aromatic carbocycles. The molecule has 0 radical (unpaired) electrons. The Morgan fingerprint density at radius 1 is 1.21 bits per heavy atom. The maximum atomic E-state index is 13.0. The lowest BCUT2D eigenvalue weighted by atomic mass is 10.1. The van der Waals surface area contributed by atoms with Crippen molar-refractivity contribution in [2.75, 3.05) is 19.0 Å². The predicted molar refractivity (Wildman–Crippen MR) is 72.8 cm³/mol. The van der Waals surface area contributed by atoms with Gasteiger partial charge in [0.2, 0.25) is 0 Å². The highest BCUT2D eigenvalue weighted by Gasteiger charge is 2.08. The highest BCUT2D eigenvalue weighted by atomic mass is 19.1. The summed E-state index contributed by atoms with van der Waals surface area (Å²) >= 11 is 0. The molecule has 2 N–H and O–H groups in total. The van der Waals surface area contributed by atoms with E-state index in [1.807, 2.05) is 18.2 Å². The minimum Gasteiger partial charge on any atom is -0.497 e. The minimum absolute atomic E-state index is 0.302. The first kappa shape index (κ1) is 13.4. The van der Waals surface area contributed by atoms with Crippen molar-refractivity contribution in [3.63, 3.8) is 0 Å². The maximum Gasteiger partial charge on any atom is 0.125 e. The van der Waals surface area contributed by atoms with E-state index in [-0.39, 0.29) is 5.82 Å². The number of methoxy groups -OCH3 is 1. The molecule has 100 valence electrons. The first-order valence-corrected chi connectivity index (χ1v) is 6.00. The van der Waals surface area contributed by atoms with Crippen LogP contribution in [0.1, 0.15) is 11.7 Å². The van der Waals surface area contributed by atoms with Gasteiger partial charge in [0.25, 0.3) is 0 Å². The predicted octanol–water partition coefficient (Wildman–Crippen LogP) is 2.98. The van der Waals surface area contributed by atoms with Crippen molar-refractivity contribution in [3.8, 4) is 5.75 Å². The largest absolute Gasteiger partial charge is 0.497 e. The number of anilines is 1. The summed E-state index contributed by atoms with van der Waals surface area (Å²) in [7, 11) is 1.58. The Morgan fingerprint density at radius 3 is 2.74 bits per heavy atom. The van der Waals surface area contributed by atoms with Gasteiger partial charge in [-0.2, -0.15) is 0 Å². The van der Waals surface area contributed by atoms with Crippen LogP contribution in [-0.2, 0) is 0 Å². The number of hydrogen-bond donors (Lipinski definition) is 2. The van der Waals surface area contributed by atoms with Crippen LogP contribution in [0, 0.1) is 5.82 Å². The summed E-state index contributed by atoms with van der Waals surface area (Å²) in [5.41, 5.74) is 1.39. The quantitative estimate of drug-likeness (QED) is 0.869. The van der Waals surface area contributed by atoms with Gasteiger partial charge >= 0.3 is 0 Å². The maximum absolute atomic E-state index is 13.0. The van der Waals surface area contributed by atoms with Crippen molar-refractivity contribution < 1.29 is 14.2 Å². The summed E-state index contributed by atoms with van der Waals surface area (Å²) in [5.74, 6) is 0.392. The molecule has 2 aromatic rings. The van der Waals surface area contributed by atoms with Gasteiger partial charge in [-0.05, 0) is 35.9 Å². The average molecular weight is 261 g/mol. The fourth-order valence-electron chi connectivity index (χ4n) is 1.78. The lowest BCUT2D eigenvalue weighted by Crippen LogP contribution is -2.12. The number of aliphatic hydroxyl groups excluding tert-OH is 1. The molecule has 0 saturated carbocycles. The third-order valence-electron chi connectivity index (χ3n) is 2.80. The van der Waals surface area contributed by atoms with E-state index in [0.29, 0.717) is 18.0 Å². The molecule has 19 heavy (non-hydrogen) atoms. The Hall–Kier alpha value is -2.07. The molecule has 4 heteroatoms. The zero-order valence-electron chi connectivity index (χ0n) is 10.6. The Morgan fingerprint density at radius 2 is 2.00 bits per heavy atom. The second-order valence-electron chi connectivity index (χ2n) is 4.18. The molecule has 3 nitrogen and oxygen atoms in total. The van der Waals surface area contributed by atoms with Crippen molar-refractivity contribution >= 4 is 5.69 Å². The SMILES string of the molecule is COc1cccc(C(O)CNc2cccc(F)c2)c1. The molecule has 0 heterocycles. The second-order valence-corrected chi connectivity index (χ2v) is 4.18. The van der Waals surface area contributed by atoms with E-state index >= 15 is 0 Å². The van der Waals surface area contributed by atoms with Crippen molar-refractivity contribution in [3.05, 3.63) is 59.9 Å². The van der Waals surface area contributed by atoms with E-state index in [9.17, 15) is 9.50 Å². The van der Waals surface area contributed by atoms with Gasteiger partial charge in [0, 0.05) is 12.2 Å². The van der Waals surface area contributed by atoms with Crippen molar-refractivity contribution in [1.29, 1.82) is 0 Å². The highest BCUT2D eigenvalue weighted by molar-refractivity contribution is 5.43. The number of halogens is 1. The summed E-state index contributed by atoms with van der Waals surface area (Å²) in [5, 5.41) is 13.0. The molecule has 0 fully saturated rings. The van der Waals surface area contributed by atoms with E-state index in [2.05, 4.69) is 5.32 Å². The Bertz CT molecular complexity index is 545. The topological polar surface area (TPSA) is 41.5 Å². The molecular weight excluding hydrogens is 245 g/mol. The Balaban J connectivity index is 1.99. The smallest absolute Gasteiger partial charge is 0.125 e. The molecule has 1 atom stereocenters. The van der Waals surface area contributed by atoms with Crippen LogP contribution in [0.25, 0.3) is 0 Å². The lowest BCUT2D eigenvalue weighted by molar-refractivity contribution is 0.191. The van der Waals surface area contributed by atoms with Gasteiger partial charge < -0.3 is 15.2 Å². The fraction of sp³-hybridized carbons (Fsp3) is 0.200. The first-order chi connectivity index (χ1) is 9.19. The Kier molecular flexibility index (Phi) is 4.36. The van der Waals surface area contributed by atoms with Crippen LogP contribution in [0.5, 0.6) is 5.75 Å². The molecule has 0 bridgehead atoms. The second kappa shape index (κ2) is 6.20. The van der Waals surface area contributed by atoms with Crippen molar-refractivity contribution in [2.24, 2.45) is 0 Å². The average Bonchev–Trinajstić information content (AvgIpc) is 2.45. The van der Waals surface area contributed by atoms with E-state index in [4.69, 9.17) is 4.74 Å². The summed E-state index contributed by atoms with van der Waals surface area (Å²) < 4.78 is 18.1. The Labute approximate surface area is 111 Å². The third kappa shape index (κ3) is 3.69. The van der Waals surface area contributed by atoms with Gasteiger partial charge in [-0.15, -0.1) is 0 Å². The summed E-state index contributed by atoms with van der Waals surface area (Å²) in [6.07, 6.45) is -0.682. The zero-order valence-corrected chi connectivity index (χ0v) is 10.6. The number of hydrogen-bond acceptors (Lipinski definition) is 3. The van der Waals surface area contributed by atoms with Crippen LogP contribution >= 0.6 is 0 Å². The van der Waals surface area contributed by atoms with E-state index in [1.54, 1.807) is 25.3 Å². The van der Waals surface area contributed by atoms with Crippen molar-refractivity contribution in [1.82, 2.24) is 0 Å². The van der Waals surface area contributed by atoms with Gasteiger partial charge in [0.15, 0.2) is 0 Å². The highest BCUT2D eigenvalue weighted by Crippen LogP contribution is 2.19. The standard InChI is InChI=1S/C15H16FNO2/c1-19-14-7-2-4-11(8-14)15(18)10-17-13-6-3-5-12(16)9-13/h2-9,15,17-18H,10H2,1H3. The number of aliphatic hydroxyl groups is 1. The molecule has 0 aliphatic heterocycles. The van der Waals surface area contributed by atoms with Gasteiger partial charge in [0.05, 0.1) is 13.2 Å². The molecule has 0 aromatic heterocycles. The van der Waals surface area contributed by atoms with Crippen LogP contribution in [0.15, 0.2) is 48.5 Å². The van der Waals surface area contributed by atoms with E-state index in [1.165, 1.54) is 12.1 Å². The third-order valence-corrected chi connectivity index (χ3v) is 2.80. The van der Waals surface area contributed by atoms with E-state index in [0.717, 1.165) is 5.56 Å². The van der Waals surface area contributed by atoms with Crippen LogP contribution in [-0.4, -0.2) is 18.8 Å². The van der Waals surface area contributed by atoms with Crippen LogP contribution in [0.3, 0.4) is 0 Å². The summed E-state index contributed by atoms with van der Waals surface area (Å²) in [4.78, 5) is 0. The van der Waals surface area contributed by atoms with Crippen molar-refractivity contribution in [2.45, 2.75) is 6.10 Å². The molecular formula is C15H16FNO2. The van der Waals surface area contributed by atoms with Gasteiger partial charge in [0.1, 0.15) is 11.6 Å². The summed E-state index contributed by atoms with van der Waals surface area (Å²) in [6, 6.07) is 13.4. The number of ether oxygens (including phenoxy) is 1. The van der Waals surface area contributed by atoms with Crippen LogP contribution in [0.4, 0.5) is 10.1 Å². The number of nitrogens with one attached hydrogen (secondary N) is 1. The zero-order chi connectivity index (χ0) is 13.7. The molecule has 1 unspecified atom stereocenters.